The van der Waals surface area contributed by atoms with Crippen LogP contribution < -0.4 is 0 Å². The van der Waals surface area contributed by atoms with Crippen molar-refractivity contribution in [2.75, 3.05) is 20.1 Å². The lowest BCUT2D eigenvalue weighted by molar-refractivity contribution is -0.137. The fourth-order valence-corrected chi connectivity index (χ4v) is 2.98. The van der Waals surface area contributed by atoms with Gasteiger partial charge >= 0.3 is 5.97 Å². The maximum absolute atomic E-state index is 10.5. The van der Waals surface area contributed by atoms with Crippen LogP contribution in [0.3, 0.4) is 0 Å². The Hall–Kier alpha value is -0.570. The minimum Gasteiger partial charge on any atom is -0.481 e. The second-order valence-electron chi connectivity index (χ2n) is 5.75. The van der Waals surface area contributed by atoms with E-state index in [1.807, 2.05) is 7.05 Å². The first-order valence-electron chi connectivity index (χ1n) is 6.98. The summed E-state index contributed by atoms with van der Waals surface area (Å²) in [4.78, 5) is 12.6. The molecule has 1 aliphatic carbocycles. The summed E-state index contributed by atoms with van der Waals surface area (Å²) in [6.07, 6.45) is 8.62. The van der Waals surface area contributed by atoms with Crippen LogP contribution in [0.25, 0.3) is 0 Å². The number of carboxylic acid groups (broad SMARTS) is 1. The van der Waals surface area contributed by atoms with Crippen molar-refractivity contribution >= 4 is 5.97 Å². The molecule has 0 aromatic carbocycles. The van der Waals surface area contributed by atoms with Crippen molar-refractivity contribution in [1.29, 1.82) is 0 Å². The van der Waals surface area contributed by atoms with E-state index in [-0.39, 0.29) is 6.42 Å². The van der Waals surface area contributed by atoms with Crippen molar-refractivity contribution in [3.05, 3.63) is 0 Å². The summed E-state index contributed by atoms with van der Waals surface area (Å²) >= 11 is 0. The fraction of sp³-hybridized carbons (Fsp3) is 0.929. The van der Waals surface area contributed by atoms with E-state index in [9.17, 15) is 4.79 Å². The Morgan fingerprint density at radius 3 is 2.59 bits per heavy atom. The lowest BCUT2D eigenvalue weighted by atomic mass is 9.83. The molecule has 1 aliphatic rings. The third-order valence-electron chi connectivity index (χ3n) is 3.79. The normalized spacial score (nSPS) is 19.5. The number of rotatable bonds is 7. The Morgan fingerprint density at radius 1 is 1.35 bits per heavy atom. The van der Waals surface area contributed by atoms with Crippen LogP contribution in [-0.2, 0) is 4.79 Å². The quantitative estimate of drug-likeness (QED) is 0.745. The number of hydrogen-bond donors (Lipinski definition) is 1. The van der Waals surface area contributed by atoms with E-state index in [1.165, 1.54) is 38.5 Å². The van der Waals surface area contributed by atoms with Gasteiger partial charge in [-0.2, -0.15) is 0 Å². The van der Waals surface area contributed by atoms with Gasteiger partial charge in [-0.05, 0) is 25.3 Å². The average molecular weight is 241 g/mol. The summed E-state index contributed by atoms with van der Waals surface area (Å²) < 4.78 is 0. The molecule has 3 heteroatoms. The Labute approximate surface area is 105 Å². The largest absolute Gasteiger partial charge is 0.481 e. The zero-order chi connectivity index (χ0) is 12.7. The number of carbonyl (C=O) groups is 1. The molecule has 0 amide bonds. The third kappa shape index (κ3) is 6.67. The molecule has 1 unspecified atom stereocenters. The summed E-state index contributed by atoms with van der Waals surface area (Å²) in [7, 11) is 2.03. The van der Waals surface area contributed by atoms with Gasteiger partial charge in [-0.3, -0.25) is 4.79 Å². The third-order valence-corrected chi connectivity index (χ3v) is 3.79. The van der Waals surface area contributed by atoms with E-state index in [2.05, 4.69) is 11.8 Å². The summed E-state index contributed by atoms with van der Waals surface area (Å²) in [6, 6.07) is 0. The molecule has 0 heterocycles. The highest BCUT2D eigenvalue weighted by atomic mass is 16.4. The molecule has 0 bridgehead atoms. The van der Waals surface area contributed by atoms with Gasteiger partial charge in [0.2, 0.25) is 0 Å². The zero-order valence-electron chi connectivity index (χ0n) is 11.3. The Kier molecular flexibility index (Phi) is 6.56. The molecule has 0 saturated heterocycles. The lowest BCUT2D eigenvalue weighted by Crippen LogP contribution is -2.28. The van der Waals surface area contributed by atoms with Gasteiger partial charge < -0.3 is 10.0 Å². The Bertz CT molecular complexity index is 224. The molecule has 1 saturated carbocycles. The zero-order valence-corrected chi connectivity index (χ0v) is 11.3. The molecule has 0 aliphatic heterocycles. The standard InChI is InChI=1S/C14H27NO2/c1-12(10-13-6-4-3-5-7-13)11-15(2)9-8-14(16)17/h12-13H,3-11H2,1-2H3,(H,16,17). The van der Waals surface area contributed by atoms with E-state index >= 15 is 0 Å². The molecule has 100 valence electrons. The molecule has 1 fully saturated rings. The van der Waals surface area contributed by atoms with Crippen molar-refractivity contribution in [3.63, 3.8) is 0 Å². The molecule has 0 aromatic heterocycles. The number of nitrogens with zero attached hydrogens (tertiary/aromatic N) is 1. The van der Waals surface area contributed by atoms with Crippen LogP contribution in [0.4, 0.5) is 0 Å². The van der Waals surface area contributed by atoms with Crippen molar-refractivity contribution in [3.8, 4) is 0 Å². The first kappa shape index (κ1) is 14.5. The van der Waals surface area contributed by atoms with Crippen LogP contribution in [0.5, 0.6) is 0 Å². The van der Waals surface area contributed by atoms with Gasteiger partial charge in [0.1, 0.15) is 0 Å². The molecule has 1 N–H and O–H groups in total. The topological polar surface area (TPSA) is 40.5 Å². The molecule has 1 rings (SSSR count). The monoisotopic (exact) mass is 241 g/mol. The van der Waals surface area contributed by atoms with E-state index in [4.69, 9.17) is 5.11 Å². The minimum absolute atomic E-state index is 0.257. The van der Waals surface area contributed by atoms with Crippen molar-refractivity contribution in [2.45, 2.75) is 51.9 Å². The van der Waals surface area contributed by atoms with E-state index in [1.54, 1.807) is 0 Å². The molecule has 0 aromatic rings. The van der Waals surface area contributed by atoms with Crippen LogP contribution in [0, 0.1) is 11.8 Å². The number of hydrogen-bond acceptors (Lipinski definition) is 2. The Morgan fingerprint density at radius 2 is 2.00 bits per heavy atom. The highest BCUT2D eigenvalue weighted by molar-refractivity contribution is 5.66. The molecular formula is C14H27NO2. The van der Waals surface area contributed by atoms with Crippen molar-refractivity contribution < 1.29 is 9.90 Å². The van der Waals surface area contributed by atoms with E-state index in [0.717, 1.165) is 12.5 Å². The van der Waals surface area contributed by atoms with Gasteiger partial charge in [0, 0.05) is 13.1 Å². The van der Waals surface area contributed by atoms with Crippen molar-refractivity contribution in [2.24, 2.45) is 11.8 Å². The van der Waals surface area contributed by atoms with Gasteiger partial charge in [-0.1, -0.05) is 39.0 Å². The SMILES string of the molecule is CC(CC1CCCCC1)CN(C)CCC(=O)O. The summed E-state index contributed by atoms with van der Waals surface area (Å²) in [5, 5.41) is 8.63. The molecule has 0 radical (unpaired) electrons. The first-order chi connectivity index (χ1) is 8.08. The van der Waals surface area contributed by atoms with E-state index < -0.39 is 5.97 Å². The molecule has 0 spiro atoms. The maximum Gasteiger partial charge on any atom is 0.304 e. The number of aliphatic carboxylic acids is 1. The molecule has 1 atom stereocenters. The summed E-state index contributed by atoms with van der Waals surface area (Å²) in [5.74, 6) is 0.917. The molecule has 17 heavy (non-hydrogen) atoms. The summed E-state index contributed by atoms with van der Waals surface area (Å²) in [5.41, 5.74) is 0. The number of carboxylic acids is 1. The lowest BCUT2D eigenvalue weighted by Gasteiger charge is -2.27. The van der Waals surface area contributed by atoms with Crippen LogP contribution in [0.2, 0.25) is 0 Å². The van der Waals surface area contributed by atoms with Gasteiger partial charge in [0.25, 0.3) is 0 Å². The smallest absolute Gasteiger partial charge is 0.304 e. The second kappa shape index (κ2) is 7.70. The van der Waals surface area contributed by atoms with Crippen LogP contribution >= 0.6 is 0 Å². The molecule has 3 nitrogen and oxygen atoms in total. The van der Waals surface area contributed by atoms with Crippen LogP contribution in [0.15, 0.2) is 0 Å². The van der Waals surface area contributed by atoms with Crippen molar-refractivity contribution in [1.82, 2.24) is 4.90 Å². The summed E-state index contributed by atoms with van der Waals surface area (Å²) in [6.45, 7) is 4.00. The highest BCUT2D eigenvalue weighted by Gasteiger charge is 2.17. The predicted molar refractivity (Wildman–Crippen MR) is 70.1 cm³/mol. The molecular weight excluding hydrogens is 214 g/mol. The maximum atomic E-state index is 10.5. The van der Waals surface area contributed by atoms with Crippen LogP contribution in [-0.4, -0.2) is 36.1 Å². The van der Waals surface area contributed by atoms with Gasteiger partial charge in [0.15, 0.2) is 0 Å². The fourth-order valence-electron chi connectivity index (χ4n) is 2.98. The highest BCUT2D eigenvalue weighted by Crippen LogP contribution is 2.29. The predicted octanol–water partition coefficient (Wildman–Crippen LogP) is 3.00. The van der Waals surface area contributed by atoms with E-state index in [0.29, 0.717) is 12.5 Å². The van der Waals surface area contributed by atoms with Gasteiger partial charge in [0.05, 0.1) is 6.42 Å². The average Bonchev–Trinajstić information content (AvgIpc) is 2.27. The van der Waals surface area contributed by atoms with Crippen LogP contribution in [0.1, 0.15) is 51.9 Å². The Balaban J connectivity index is 2.14. The minimum atomic E-state index is -0.697. The second-order valence-corrected chi connectivity index (χ2v) is 5.75. The van der Waals surface area contributed by atoms with Gasteiger partial charge in [-0.15, -0.1) is 0 Å². The first-order valence-corrected chi connectivity index (χ1v) is 6.98. The van der Waals surface area contributed by atoms with Gasteiger partial charge in [-0.25, -0.2) is 0 Å².